The fraction of sp³-hybridized carbons (Fsp3) is 0.500. The standard InChI is InChI=1S/C12H16BrNO3S/c13-8-10-3-5-12(6-4-10)18(16,17)14-7-1-2-11(14)9-15/h3-6,11,15H,1-2,7-9H2. The van der Waals surface area contributed by atoms with Crippen molar-refractivity contribution in [3.05, 3.63) is 29.8 Å². The summed E-state index contributed by atoms with van der Waals surface area (Å²) in [5.41, 5.74) is 1.04. The molecule has 1 aromatic carbocycles. The molecule has 2 rings (SSSR count). The second kappa shape index (κ2) is 5.69. The Morgan fingerprint density at radius 2 is 2.00 bits per heavy atom. The van der Waals surface area contributed by atoms with Crippen LogP contribution in [0.5, 0.6) is 0 Å². The Hall–Kier alpha value is -0.430. The molecule has 0 spiro atoms. The van der Waals surface area contributed by atoms with Crippen LogP contribution in [0.25, 0.3) is 0 Å². The average molecular weight is 334 g/mol. The minimum Gasteiger partial charge on any atom is -0.395 e. The number of rotatable bonds is 4. The molecule has 1 fully saturated rings. The van der Waals surface area contributed by atoms with Crippen molar-refractivity contribution in [2.45, 2.75) is 29.1 Å². The van der Waals surface area contributed by atoms with Gasteiger partial charge in [-0.1, -0.05) is 28.1 Å². The van der Waals surface area contributed by atoms with Crippen molar-refractivity contribution in [1.82, 2.24) is 4.31 Å². The SMILES string of the molecule is O=S(=O)(c1ccc(CBr)cc1)N1CCCC1CO. The lowest BCUT2D eigenvalue weighted by atomic mass is 10.2. The lowest BCUT2D eigenvalue weighted by Gasteiger charge is -2.22. The summed E-state index contributed by atoms with van der Waals surface area (Å²) >= 11 is 3.33. The Labute approximate surface area is 116 Å². The fourth-order valence-corrected chi connectivity index (χ4v) is 4.25. The smallest absolute Gasteiger partial charge is 0.243 e. The molecule has 0 aliphatic carbocycles. The number of aliphatic hydroxyl groups excluding tert-OH is 1. The Balaban J connectivity index is 2.29. The van der Waals surface area contributed by atoms with E-state index in [4.69, 9.17) is 0 Å². The zero-order valence-corrected chi connectivity index (χ0v) is 12.3. The largest absolute Gasteiger partial charge is 0.395 e. The molecule has 0 amide bonds. The summed E-state index contributed by atoms with van der Waals surface area (Å²) < 4.78 is 26.2. The second-order valence-electron chi connectivity index (χ2n) is 4.37. The van der Waals surface area contributed by atoms with Crippen LogP contribution in [0.15, 0.2) is 29.2 Å². The van der Waals surface area contributed by atoms with Crippen LogP contribution in [-0.2, 0) is 15.4 Å². The van der Waals surface area contributed by atoms with E-state index >= 15 is 0 Å². The lowest BCUT2D eigenvalue weighted by Crippen LogP contribution is -2.37. The topological polar surface area (TPSA) is 57.6 Å². The van der Waals surface area contributed by atoms with Crippen LogP contribution in [0.2, 0.25) is 0 Å². The highest BCUT2D eigenvalue weighted by molar-refractivity contribution is 9.08. The van der Waals surface area contributed by atoms with Gasteiger partial charge in [-0.25, -0.2) is 8.42 Å². The van der Waals surface area contributed by atoms with Gasteiger partial charge in [0.25, 0.3) is 0 Å². The molecule has 0 saturated carbocycles. The summed E-state index contributed by atoms with van der Waals surface area (Å²) in [7, 11) is -3.47. The highest BCUT2D eigenvalue weighted by Crippen LogP contribution is 2.26. The number of aliphatic hydroxyl groups is 1. The second-order valence-corrected chi connectivity index (χ2v) is 6.82. The molecule has 1 N–H and O–H groups in total. The first kappa shape index (κ1) is 14.0. The minimum absolute atomic E-state index is 0.112. The fourth-order valence-electron chi connectivity index (χ4n) is 2.19. The van der Waals surface area contributed by atoms with Gasteiger partial charge in [0, 0.05) is 17.9 Å². The first-order valence-electron chi connectivity index (χ1n) is 5.87. The van der Waals surface area contributed by atoms with Crippen molar-refractivity contribution >= 4 is 26.0 Å². The van der Waals surface area contributed by atoms with Gasteiger partial charge >= 0.3 is 0 Å². The maximum Gasteiger partial charge on any atom is 0.243 e. The van der Waals surface area contributed by atoms with Crippen molar-refractivity contribution in [3.8, 4) is 0 Å². The number of nitrogens with zero attached hydrogens (tertiary/aromatic N) is 1. The number of halogens is 1. The molecule has 1 aromatic rings. The van der Waals surface area contributed by atoms with E-state index in [1.165, 1.54) is 4.31 Å². The van der Waals surface area contributed by atoms with E-state index < -0.39 is 10.0 Å². The molecular weight excluding hydrogens is 318 g/mol. The van der Waals surface area contributed by atoms with Gasteiger partial charge in [-0.2, -0.15) is 4.31 Å². The van der Waals surface area contributed by atoms with Crippen LogP contribution in [0.3, 0.4) is 0 Å². The number of sulfonamides is 1. The maximum atomic E-state index is 12.4. The van der Waals surface area contributed by atoms with Gasteiger partial charge < -0.3 is 5.11 Å². The van der Waals surface area contributed by atoms with Crippen LogP contribution in [0.4, 0.5) is 0 Å². The molecule has 1 aliphatic heterocycles. The van der Waals surface area contributed by atoms with Gasteiger partial charge in [0.2, 0.25) is 10.0 Å². The predicted octanol–water partition coefficient (Wildman–Crippen LogP) is 1.73. The van der Waals surface area contributed by atoms with E-state index in [2.05, 4.69) is 15.9 Å². The molecule has 0 aromatic heterocycles. The highest BCUT2D eigenvalue weighted by atomic mass is 79.9. The third kappa shape index (κ3) is 2.61. The van der Waals surface area contributed by atoms with Gasteiger partial charge in [-0.05, 0) is 30.5 Å². The monoisotopic (exact) mass is 333 g/mol. The number of hydrogen-bond donors (Lipinski definition) is 1. The van der Waals surface area contributed by atoms with Crippen LogP contribution >= 0.6 is 15.9 Å². The van der Waals surface area contributed by atoms with Gasteiger partial charge in [-0.15, -0.1) is 0 Å². The molecular formula is C12H16BrNO3S. The first-order valence-corrected chi connectivity index (χ1v) is 8.43. The predicted molar refractivity (Wildman–Crippen MR) is 73.1 cm³/mol. The van der Waals surface area contributed by atoms with E-state index in [1.54, 1.807) is 24.3 Å². The van der Waals surface area contributed by atoms with Crippen molar-refractivity contribution < 1.29 is 13.5 Å². The van der Waals surface area contributed by atoms with E-state index in [-0.39, 0.29) is 12.6 Å². The molecule has 1 saturated heterocycles. The van der Waals surface area contributed by atoms with Crippen LogP contribution in [0, 0.1) is 0 Å². The number of hydrogen-bond acceptors (Lipinski definition) is 3. The summed E-state index contributed by atoms with van der Waals surface area (Å²) in [4.78, 5) is 0.299. The molecule has 1 heterocycles. The summed E-state index contributed by atoms with van der Waals surface area (Å²) in [5.74, 6) is 0. The molecule has 100 valence electrons. The minimum atomic E-state index is -3.47. The maximum absolute atomic E-state index is 12.4. The lowest BCUT2D eigenvalue weighted by molar-refractivity contribution is 0.213. The Morgan fingerprint density at radius 1 is 1.33 bits per heavy atom. The third-order valence-electron chi connectivity index (χ3n) is 3.22. The van der Waals surface area contributed by atoms with Crippen molar-refractivity contribution in [3.63, 3.8) is 0 Å². The van der Waals surface area contributed by atoms with Crippen molar-refractivity contribution in [2.24, 2.45) is 0 Å². The quantitative estimate of drug-likeness (QED) is 0.853. The van der Waals surface area contributed by atoms with Gasteiger partial charge in [0.05, 0.1) is 11.5 Å². The summed E-state index contributed by atoms with van der Waals surface area (Å²) in [5, 5.41) is 9.92. The van der Waals surface area contributed by atoms with E-state index in [1.807, 2.05) is 0 Å². The average Bonchev–Trinajstić information content (AvgIpc) is 2.88. The Morgan fingerprint density at radius 3 is 2.56 bits per heavy atom. The zero-order chi connectivity index (χ0) is 13.2. The first-order chi connectivity index (χ1) is 8.59. The molecule has 0 bridgehead atoms. The Kier molecular flexibility index (Phi) is 4.42. The molecule has 4 nitrogen and oxygen atoms in total. The summed E-state index contributed by atoms with van der Waals surface area (Å²) in [6.45, 7) is 0.381. The van der Waals surface area contributed by atoms with Crippen LogP contribution in [-0.4, -0.2) is 37.0 Å². The molecule has 0 radical (unpaired) electrons. The summed E-state index contributed by atoms with van der Waals surface area (Å²) in [6, 6.07) is 6.57. The molecule has 1 atom stereocenters. The highest BCUT2D eigenvalue weighted by Gasteiger charge is 2.34. The van der Waals surface area contributed by atoms with E-state index in [0.29, 0.717) is 16.8 Å². The van der Waals surface area contributed by atoms with Crippen molar-refractivity contribution in [1.29, 1.82) is 0 Å². The van der Waals surface area contributed by atoms with Gasteiger partial charge in [0.1, 0.15) is 0 Å². The molecule has 1 unspecified atom stereocenters. The number of alkyl halides is 1. The van der Waals surface area contributed by atoms with Crippen LogP contribution < -0.4 is 0 Å². The van der Waals surface area contributed by atoms with Crippen molar-refractivity contribution in [2.75, 3.05) is 13.2 Å². The number of benzene rings is 1. The van der Waals surface area contributed by atoms with Gasteiger partial charge in [0.15, 0.2) is 0 Å². The van der Waals surface area contributed by atoms with Crippen LogP contribution in [0.1, 0.15) is 18.4 Å². The molecule has 1 aliphatic rings. The summed E-state index contributed by atoms with van der Waals surface area (Å²) in [6.07, 6.45) is 1.54. The molecule has 18 heavy (non-hydrogen) atoms. The third-order valence-corrected chi connectivity index (χ3v) is 5.83. The Bertz CT molecular complexity index is 501. The van der Waals surface area contributed by atoms with E-state index in [0.717, 1.165) is 18.4 Å². The normalized spacial score (nSPS) is 21.3. The van der Waals surface area contributed by atoms with Gasteiger partial charge in [-0.3, -0.25) is 0 Å². The van der Waals surface area contributed by atoms with E-state index in [9.17, 15) is 13.5 Å². The zero-order valence-electron chi connectivity index (χ0n) is 9.92. The molecule has 6 heteroatoms.